The molecule has 2 aromatic heterocycles. The fraction of sp³-hybridized carbons (Fsp3) is 0.105. The molecule has 0 aliphatic heterocycles. The van der Waals surface area contributed by atoms with Crippen molar-refractivity contribution in [2.75, 3.05) is 11.9 Å². The largest absolute Gasteiger partial charge is 0.482 e. The summed E-state index contributed by atoms with van der Waals surface area (Å²) in [6.45, 7) is 1.81. The van der Waals surface area contributed by atoms with Crippen LogP contribution in [0.25, 0.3) is 16.2 Å². The lowest BCUT2D eigenvalue weighted by atomic mass is 10.1. The van der Waals surface area contributed by atoms with Crippen molar-refractivity contribution in [3.8, 4) is 17.0 Å². The van der Waals surface area contributed by atoms with Crippen molar-refractivity contribution >= 4 is 51.4 Å². The minimum absolute atomic E-state index is 0.219. The van der Waals surface area contributed by atoms with Gasteiger partial charge in [-0.1, -0.05) is 53.0 Å². The van der Waals surface area contributed by atoms with Gasteiger partial charge in [-0.15, -0.1) is 16.4 Å². The number of hydrogen-bond acceptors (Lipinski definition) is 5. The van der Waals surface area contributed by atoms with Crippen LogP contribution >= 0.6 is 34.5 Å². The van der Waals surface area contributed by atoms with E-state index < -0.39 is 0 Å². The third-order valence-electron chi connectivity index (χ3n) is 3.93. The van der Waals surface area contributed by atoms with Gasteiger partial charge in [0.15, 0.2) is 6.61 Å². The maximum Gasteiger partial charge on any atom is 0.264 e. The van der Waals surface area contributed by atoms with Crippen molar-refractivity contribution in [2.45, 2.75) is 6.92 Å². The number of anilines is 1. The second-order valence-corrected chi connectivity index (χ2v) is 7.71. The van der Waals surface area contributed by atoms with Crippen LogP contribution in [-0.4, -0.2) is 27.1 Å². The van der Waals surface area contributed by atoms with Gasteiger partial charge in [0.25, 0.3) is 11.9 Å². The highest BCUT2D eigenvalue weighted by atomic mass is 35.5. The van der Waals surface area contributed by atoms with Gasteiger partial charge < -0.3 is 4.74 Å². The van der Waals surface area contributed by atoms with Crippen LogP contribution in [0.2, 0.25) is 10.0 Å². The molecule has 142 valence electrons. The monoisotopic (exact) mass is 432 g/mol. The highest BCUT2D eigenvalue weighted by Crippen LogP contribution is 2.28. The zero-order valence-corrected chi connectivity index (χ0v) is 17.0. The second-order valence-electron chi connectivity index (χ2n) is 6.03. The van der Waals surface area contributed by atoms with Gasteiger partial charge in [-0.05, 0) is 25.1 Å². The van der Waals surface area contributed by atoms with Gasteiger partial charge in [-0.3, -0.25) is 10.1 Å². The quantitative estimate of drug-likeness (QED) is 0.476. The van der Waals surface area contributed by atoms with E-state index in [9.17, 15) is 4.79 Å². The average molecular weight is 433 g/mol. The number of thiazole rings is 1. The molecule has 0 spiro atoms. The Labute approximate surface area is 174 Å². The average Bonchev–Trinajstić information content (AvgIpc) is 3.22. The third-order valence-corrected chi connectivity index (χ3v) is 5.28. The van der Waals surface area contributed by atoms with E-state index in [-0.39, 0.29) is 18.5 Å². The molecule has 0 radical (unpaired) electrons. The van der Waals surface area contributed by atoms with E-state index in [4.69, 9.17) is 27.9 Å². The predicted octanol–water partition coefficient (Wildman–Crippen LogP) is 5.09. The lowest BCUT2D eigenvalue weighted by Gasteiger charge is -2.07. The number of carbonyl (C=O) groups excluding carboxylic acids is 1. The standard InChI is InChI=1S/C19H14Cl2N4O2S/c1-11-2-4-12(5-3-11)15-10-28-19-23-18(24-25(15)19)22-17(26)9-27-16-7-6-13(20)8-14(16)21/h2-8,10H,9H2,1H3,(H,22,24,26). The molecule has 1 amide bonds. The van der Waals surface area contributed by atoms with Gasteiger partial charge in [0.2, 0.25) is 4.96 Å². The van der Waals surface area contributed by atoms with Crippen LogP contribution in [-0.2, 0) is 4.79 Å². The van der Waals surface area contributed by atoms with Crippen LogP contribution in [0.15, 0.2) is 47.8 Å². The Kier molecular flexibility index (Phi) is 5.21. The molecule has 0 saturated heterocycles. The summed E-state index contributed by atoms with van der Waals surface area (Å²) < 4.78 is 7.13. The molecule has 4 rings (SSSR count). The zero-order valence-electron chi connectivity index (χ0n) is 14.6. The molecule has 6 nitrogen and oxygen atoms in total. The lowest BCUT2D eigenvalue weighted by Crippen LogP contribution is -2.21. The number of nitrogens with zero attached hydrogens (tertiary/aromatic N) is 3. The molecule has 2 heterocycles. The molecular weight excluding hydrogens is 419 g/mol. The molecular formula is C19H14Cl2N4O2S. The molecule has 0 bridgehead atoms. The smallest absolute Gasteiger partial charge is 0.264 e. The van der Waals surface area contributed by atoms with Gasteiger partial charge >= 0.3 is 0 Å². The van der Waals surface area contributed by atoms with Crippen LogP contribution in [0.5, 0.6) is 5.75 Å². The van der Waals surface area contributed by atoms with Crippen LogP contribution in [0.4, 0.5) is 5.95 Å². The van der Waals surface area contributed by atoms with Crippen molar-refractivity contribution in [2.24, 2.45) is 0 Å². The molecule has 2 aromatic carbocycles. The highest BCUT2D eigenvalue weighted by Gasteiger charge is 2.14. The van der Waals surface area contributed by atoms with Crippen LogP contribution in [0, 0.1) is 6.92 Å². The van der Waals surface area contributed by atoms with Gasteiger partial charge in [-0.25, -0.2) is 4.52 Å². The summed E-state index contributed by atoms with van der Waals surface area (Å²) in [7, 11) is 0. The Bertz CT molecular complexity index is 1150. The molecule has 0 saturated carbocycles. The molecule has 0 atom stereocenters. The Balaban J connectivity index is 1.46. The van der Waals surface area contributed by atoms with E-state index >= 15 is 0 Å². The number of benzene rings is 2. The first-order valence-electron chi connectivity index (χ1n) is 8.28. The second kappa shape index (κ2) is 7.79. The number of aromatic nitrogens is 3. The van der Waals surface area contributed by atoms with E-state index in [0.717, 1.165) is 11.3 Å². The first-order chi connectivity index (χ1) is 13.5. The van der Waals surface area contributed by atoms with Crippen LogP contribution < -0.4 is 10.1 Å². The number of amides is 1. The molecule has 0 fully saturated rings. The van der Waals surface area contributed by atoms with Crippen molar-refractivity contribution in [1.29, 1.82) is 0 Å². The van der Waals surface area contributed by atoms with Gasteiger partial charge in [-0.2, -0.15) is 4.98 Å². The number of hydrogen-bond donors (Lipinski definition) is 1. The summed E-state index contributed by atoms with van der Waals surface area (Å²) in [5, 5.41) is 9.83. The molecule has 9 heteroatoms. The summed E-state index contributed by atoms with van der Waals surface area (Å²) >= 11 is 13.3. The highest BCUT2D eigenvalue weighted by molar-refractivity contribution is 7.15. The van der Waals surface area contributed by atoms with Gasteiger partial charge in [0.1, 0.15) is 5.75 Å². The first kappa shape index (κ1) is 18.7. The normalized spacial score (nSPS) is 11.0. The number of aryl methyl sites for hydroxylation is 1. The Hall–Kier alpha value is -2.61. The topological polar surface area (TPSA) is 68.5 Å². The molecule has 0 aliphatic rings. The lowest BCUT2D eigenvalue weighted by molar-refractivity contribution is -0.118. The minimum atomic E-state index is -0.388. The maximum absolute atomic E-state index is 12.2. The summed E-state index contributed by atoms with van der Waals surface area (Å²) in [4.78, 5) is 17.2. The molecule has 28 heavy (non-hydrogen) atoms. The van der Waals surface area contributed by atoms with E-state index in [1.54, 1.807) is 22.7 Å². The summed E-state index contributed by atoms with van der Waals surface area (Å²) in [6.07, 6.45) is 0. The molecule has 4 aromatic rings. The molecule has 1 N–H and O–H groups in total. The number of nitrogens with one attached hydrogen (secondary N) is 1. The third kappa shape index (κ3) is 3.96. The van der Waals surface area contributed by atoms with Gasteiger partial charge in [0, 0.05) is 16.0 Å². The number of carbonyl (C=O) groups is 1. The Morgan fingerprint density at radius 3 is 2.75 bits per heavy atom. The molecule has 0 unspecified atom stereocenters. The van der Waals surface area contributed by atoms with Crippen molar-refractivity contribution in [1.82, 2.24) is 14.6 Å². The predicted molar refractivity (Wildman–Crippen MR) is 112 cm³/mol. The number of ether oxygens (including phenoxy) is 1. The SMILES string of the molecule is Cc1ccc(-c2csc3nc(NC(=O)COc4ccc(Cl)cc4Cl)nn23)cc1. The van der Waals surface area contributed by atoms with E-state index in [1.165, 1.54) is 16.9 Å². The molecule has 0 aliphatic carbocycles. The Morgan fingerprint density at radius 1 is 1.21 bits per heavy atom. The van der Waals surface area contributed by atoms with Crippen molar-refractivity contribution in [3.63, 3.8) is 0 Å². The minimum Gasteiger partial charge on any atom is -0.482 e. The van der Waals surface area contributed by atoms with Crippen molar-refractivity contribution in [3.05, 3.63) is 63.5 Å². The van der Waals surface area contributed by atoms with E-state index in [1.807, 2.05) is 36.6 Å². The van der Waals surface area contributed by atoms with E-state index in [2.05, 4.69) is 15.4 Å². The Morgan fingerprint density at radius 2 is 2.00 bits per heavy atom. The van der Waals surface area contributed by atoms with Crippen LogP contribution in [0.1, 0.15) is 5.56 Å². The number of halogens is 2. The van der Waals surface area contributed by atoms with Gasteiger partial charge in [0.05, 0.1) is 10.7 Å². The van der Waals surface area contributed by atoms with E-state index in [0.29, 0.717) is 20.8 Å². The number of fused-ring (bicyclic) bond motifs is 1. The number of rotatable bonds is 5. The van der Waals surface area contributed by atoms with Crippen LogP contribution in [0.3, 0.4) is 0 Å². The fourth-order valence-corrected chi connectivity index (χ4v) is 3.85. The van der Waals surface area contributed by atoms with Crippen molar-refractivity contribution < 1.29 is 9.53 Å². The summed E-state index contributed by atoms with van der Waals surface area (Å²) in [5.41, 5.74) is 3.13. The summed E-state index contributed by atoms with van der Waals surface area (Å²) in [6, 6.07) is 12.9. The summed E-state index contributed by atoms with van der Waals surface area (Å²) in [5.74, 6) is 0.207. The zero-order chi connectivity index (χ0) is 19.7. The fourth-order valence-electron chi connectivity index (χ4n) is 2.55. The maximum atomic E-state index is 12.2. The first-order valence-corrected chi connectivity index (χ1v) is 9.92.